The summed E-state index contributed by atoms with van der Waals surface area (Å²) in [6.45, 7) is 1.93. The summed E-state index contributed by atoms with van der Waals surface area (Å²) in [6, 6.07) is 16.7. The number of nitrogens with one attached hydrogen (secondary N) is 1. The lowest BCUT2D eigenvalue weighted by Gasteiger charge is -2.27. The van der Waals surface area contributed by atoms with E-state index in [1.807, 2.05) is 23.5 Å². The van der Waals surface area contributed by atoms with Crippen molar-refractivity contribution in [3.8, 4) is 0 Å². The maximum atomic E-state index is 12.9. The van der Waals surface area contributed by atoms with Crippen LogP contribution < -0.4 is 5.32 Å². The quantitative estimate of drug-likeness (QED) is 0.501. The summed E-state index contributed by atoms with van der Waals surface area (Å²) in [4.78, 5) is 13.8. The van der Waals surface area contributed by atoms with Crippen LogP contribution in [0.5, 0.6) is 0 Å². The summed E-state index contributed by atoms with van der Waals surface area (Å²) >= 11 is 3.08. The predicted octanol–water partition coefficient (Wildman–Crippen LogP) is 4.62. The van der Waals surface area contributed by atoms with Gasteiger partial charge in [-0.3, -0.25) is 9.20 Å². The number of para-hydroxylation sites is 1. The van der Waals surface area contributed by atoms with E-state index in [1.54, 1.807) is 11.3 Å². The molecule has 7 heteroatoms. The van der Waals surface area contributed by atoms with Crippen molar-refractivity contribution in [1.29, 1.82) is 0 Å². The average molecular weight is 409 g/mol. The van der Waals surface area contributed by atoms with Gasteiger partial charge >= 0.3 is 0 Å². The van der Waals surface area contributed by atoms with Gasteiger partial charge in [0.2, 0.25) is 10.9 Å². The van der Waals surface area contributed by atoms with Crippen LogP contribution in [0, 0.1) is 0 Å². The van der Waals surface area contributed by atoms with Gasteiger partial charge in [0, 0.05) is 0 Å². The molecule has 0 radical (unpaired) electrons. The fourth-order valence-electron chi connectivity index (χ4n) is 3.84. The molecule has 2 unspecified atom stereocenters. The summed E-state index contributed by atoms with van der Waals surface area (Å²) in [5.41, 5.74) is 3.69. The van der Waals surface area contributed by atoms with Gasteiger partial charge in [-0.15, -0.1) is 10.2 Å². The molecule has 2 heterocycles. The minimum Gasteiger partial charge on any atom is -0.348 e. The Labute approximate surface area is 171 Å². The number of hydrogen-bond acceptors (Lipinski definition) is 5. The van der Waals surface area contributed by atoms with Crippen LogP contribution in [0.15, 0.2) is 53.7 Å². The number of carbonyl (C=O) groups excluding carboxylic acids is 1. The Morgan fingerprint density at radius 1 is 1.21 bits per heavy atom. The molecule has 0 fully saturated rings. The number of amides is 1. The van der Waals surface area contributed by atoms with Crippen molar-refractivity contribution in [1.82, 2.24) is 19.9 Å². The van der Waals surface area contributed by atoms with Crippen LogP contribution in [0.2, 0.25) is 0 Å². The van der Waals surface area contributed by atoms with Gasteiger partial charge in [0.05, 0.1) is 21.5 Å². The van der Waals surface area contributed by atoms with Crippen molar-refractivity contribution < 1.29 is 4.79 Å². The Bertz CT molecular complexity index is 1170. The first-order valence-corrected chi connectivity index (χ1v) is 11.2. The van der Waals surface area contributed by atoms with E-state index in [9.17, 15) is 4.79 Å². The zero-order valence-electron chi connectivity index (χ0n) is 15.5. The normalized spacial score (nSPS) is 17.5. The third-order valence-electron chi connectivity index (χ3n) is 5.25. The highest BCUT2D eigenvalue weighted by molar-refractivity contribution is 8.00. The summed E-state index contributed by atoms with van der Waals surface area (Å²) < 4.78 is 3.22. The van der Waals surface area contributed by atoms with Crippen molar-refractivity contribution in [2.75, 3.05) is 0 Å². The van der Waals surface area contributed by atoms with Gasteiger partial charge in [0.15, 0.2) is 5.16 Å². The Morgan fingerprint density at radius 2 is 2.04 bits per heavy atom. The van der Waals surface area contributed by atoms with Crippen LogP contribution in [0.25, 0.3) is 15.2 Å². The van der Waals surface area contributed by atoms with Crippen LogP contribution in [0.4, 0.5) is 0 Å². The second-order valence-electron chi connectivity index (χ2n) is 7.08. The topological polar surface area (TPSA) is 59.3 Å². The van der Waals surface area contributed by atoms with Gasteiger partial charge in [0.25, 0.3) is 0 Å². The fourth-order valence-corrected chi connectivity index (χ4v) is 5.73. The second kappa shape index (κ2) is 7.22. The van der Waals surface area contributed by atoms with Gasteiger partial charge in [-0.05, 0) is 49.4 Å². The molecule has 0 saturated heterocycles. The Kier molecular flexibility index (Phi) is 4.56. The van der Waals surface area contributed by atoms with E-state index in [0.717, 1.165) is 34.9 Å². The molecule has 4 aromatic rings. The van der Waals surface area contributed by atoms with Gasteiger partial charge < -0.3 is 5.32 Å². The second-order valence-corrected chi connectivity index (χ2v) is 9.40. The summed E-state index contributed by atoms with van der Waals surface area (Å²) in [7, 11) is 0. The van der Waals surface area contributed by atoms with Crippen LogP contribution in [-0.2, 0) is 11.2 Å². The number of nitrogens with zero attached hydrogens (tertiary/aromatic N) is 3. The molecule has 1 aliphatic rings. The molecular weight excluding hydrogens is 388 g/mol. The molecule has 5 rings (SSSR count). The number of benzene rings is 2. The van der Waals surface area contributed by atoms with Crippen molar-refractivity contribution >= 4 is 44.2 Å². The highest BCUT2D eigenvalue weighted by atomic mass is 32.2. The lowest BCUT2D eigenvalue weighted by Crippen LogP contribution is -2.36. The van der Waals surface area contributed by atoms with E-state index < -0.39 is 0 Å². The molecule has 1 amide bonds. The molecule has 28 heavy (non-hydrogen) atoms. The fraction of sp³-hybridized carbons (Fsp3) is 0.286. The molecule has 142 valence electrons. The molecule has 2 aromatic carbocycles. The molecule has 2 aromatic heterocycles. The highest BCUT2D eigenvalue weighted by Gasteiger charge is 2.25. The summed E-state index contributed by atoms with van der Waals surface area (Å²) in [5, 5.41) is 12.4. The maximum absolute atomic E-state index is 12.9. The van der Waals surface area contributed by atoms with E-state index in [1.165, 1.54) is 27.6 Å². The maximum Gasteiger partial charge on any atom is 0.233 e. The van der Waals surface area contributed by atoms with Gasteiger partial charge in [0.1, 0.15) is 0 Å². The standard InChI is InChI=1S/C21H20N4OS2/c1-13(19(26)22-16-10-6-8-14-7-2-3-9-15(14)16)27-20-23-24-21-25(20)17-11-4-5-12-18(17)28-21/h2-5,7,9,11-13,16H,6,8,10H2,1H3,(H,22,26). The van der Waals surface area contributed by atoms with Crippen molar-refractivity contribution in [3.63, 3.8) is 0 Å². The number of hydrogen-bond donors (Lipinski definition) is 1. The van der Waals surface area contributed by atoms with Gasteiger partial charge in [-0.1, -0.05) is 59.5 Å². The van der Waals surface area contributed by atoms with E-state index in [0.29, 0.717) is 0 Å². The predicted molar refractivity (Wildman–Crippen MR) is 114 cm³/mol. The Morgan fingerprint density at radius 3 is 2.96 bits per heavy atom. The largest absolute Gasteiger partial charge is 0.348 e. The third-order valence-corrected chi connectivity index (χ3v) is 7.30. The third kappa shape index (κ3) is 3.08. The molecular formula is C21H20N4OS2. The summed E-state index contributed by atoms with van der Waals surface area (Å²) in [5.74, 6) is 0.0444. The molecule has 0 saturated carbocycles. The van der Waals surface area contributed by atoms with Crippen LogP contribution in [0.3, 0.4) is 0 Å². The smallest absolute Gasteiger partial charge is 0.233 e. The molecule has 0 spiro atoms. The lowest BCUT2D eigenvalue weighted by atomic mass is 9.88. The Balaban J connectivity index is 1.36. The number of thioether (sulfide) groups is 1. The molecule has 1 aliphatic carbocycles. The number of thiazole rings is 1. The zero-order valence-corrected chi connectivity index (χ0v) is 17.1. The van der Waals surface area contributed by atoms with Gasteiger partial charge in [-0.25, -0.2) is 0 Å². The molecule has 1 N–H and O–H groups in total. The highest BCUT2D eigenvalue weighted by Crippen LogP contribution is 2.33. The first-order chi connectivity index (χ1) is 13.7. The van der Waals surface area contributed by atoms with E-state index in [2.05, 4.69) is 51.9 Å². The van der Waals surface area contributed by atoms with Crippen LogP contribution in [-0.4, -0.2) is 25.8 Å². The monoisotopic (exact) mass is 408 g/mol. The van der Waals surface area contributed by atoms with E-state index >= 15 is 0 Å². The molecule has 2 atom stereocenters. The van der Waals surface area contributed by atoms with Gasteiger partial charge in [-0.2, -0.15) is 0 Å². The number of fused-ring (bicyclic) bond motifs is 4. The molecule has 0 bridgehead atoms. The Hall–Kier alpha value is -2.38. The minimum atomic E-state index is -0.250. The van der Waals surface area contributed by atoms with Crippen molar-refractivity contribution in [2.45, 2.75) is 42.6 Å². The van der Waals surface area contributed by atoms with E-state index in [4.69, 9.17) is 0 Å². The number of carbonyl (C=O) groups is 1. The first-order valence-electron chi connectivity index (χ1n) is 9.48. The van der Waals surface area contributed by atoms with Crippen LogP contribution >= 0.6 is 23.1 Å². The first kappa shape index (κ1) is 17.7. The van der Waals surface area contributed by atoms with E-state index in [-0.39, 0.29) is 17.2 Å². The lowest BCUT2D eigenvalue weighted by molar-refractivity contribution is -0.121. The van der Waals surface area contributed by atoms with Crippen molar-refractivity contribution in [3.05, 3.63) is 59.7 Å². The number of rotatable bonds is 4. The molecule has 5 nitrogen and oxygen atoms in total. The zero-order chi connectivity index (χ0) is 19.1. The number of aromatic nitrogens is 3. The minimum absolute atomic E-state index is 0.0444. The number of aryl methyl sites for hydroxylation is 1. The average Bonchev–Trinajstić information content (AvgIpc) is 3.28. The summed E-state index contributed by atoms with van der Waals surface area (Å²) in [6.07, 6.45) is 3.19. The SMILES string of the molecule is CC(Sc1nnc2sc3ccccc3n12)C(=O)NC1CCCc2ccccc21. The van der Waals surface area contributed by atoms with Crippen molar-refractivity contribution in [2.24, 2.45) is 0 Å². The molecule has 0 aliphatic heterocycles. The van der Waals surface area contributed by atoms with Crippen LogP contribution in [0.1, 0.15) is 36.9 Å².